The Labute approximate surface area is 109 Å². The van der Waals surface area contributed by atoms with Gasteiger partial charge in [-0.3, -0.25) is 4.79 Å². The lowest BCUT2D eigenvalue weighted by molar-refractivity contribution is -0.115. The molecule has 94 valence electrons. The number of thioether (sulfide) groups is 1. The minimum absolute atomic E-state index is 0.0195. The number of carbonyl (C=O) groups is 1. The number of nitrogens with one attached hydrogen (secondary N) is 1. The molecule has 0 aliphatic heterocycles. The molecular formula is C11H13N5OS. The summed E-state index contributed by atoms with van der Waals surface area (Å²) in [4.78, 5) is 11.3. The van der Waals surface area contributed by atoms with Crippen LogP contribution >= 0.6 is 11.8 Å². The van der Waals surface area contributed by atoms with Crippen LogP contribution in [-0.2, 0) is 4.79 Å². The largest absolute Gasteiger partial charge is 0.326 e. The SMILES string of the molecule is CCC(=O)Nc1cccc(-n2nnnc2SC)c1. The number of tetrazole rings is 1. The molecule has 0 aliphatic rings. The lowest BCUT2D eigenvalue weighted by Gasteiger charge is -2.06. The van der Waals surface area contributed by atoms with Crippen LogP contribution < -0.4 is 5.32 Å². The highest BCUT2D eigenvalue weighted by atomic mass is 32.2. The first-order chi connectivity index (χ1) is 8.74. The van der Waals surface area contributed by atoms with Crippen LogP contribution in [-0.4, -0.2) is 32.4 Å². The molecule has 0 spiro atoms. The Morgan fingerprint density at radius 1 is 1.50 bits per heavy atom. The van der Waals surface area contributed by atoms with E-state index in [-0.39, 0.29) is 5.91 Å². The first kappa shape index (κ1) is 12.6. The number of rotatable bonds is 4. The summed E-state index contributed by atoms with van der Waals surface area (Å²) < 4.78 is 1.63. The smallest absolute Gasteiger partial charge is 0.224 e. The van der Waals surface area contributed by atoms with E-state index in [9.17, 15) is 4.79 Å². The van der Waals surface area contributed by atoms with Crippen LogP contribution in [0.15, 0.2) is 29.4 Å². The monoisotopic (exact) mass is 263 g/mol. The minimum atomic E-state index is -0.0195. The van der Waals surface area contributed by atoms with E-state index in [1.165, 1.54) is 11.8 Å². The normalized spacial score (nSPS) is 10.3. The van der Waals surface area contributed by atoms with Gasteiger partial charge < -0.3 is 5.32 Å². The van der Waals surface area contributed by atoms with Crippen LogP contribution in [0.5, 0.6) is 0 Å². The van der Waals surface area contributed by atoms with Gasteiger partial charge in [0.1, 0.15) is 0 Å². The third-order valence-electron chi connectivity index (χ3n) is 2.32. The van der Waals surface area contributed by atoms with E-state index in [4.69, 9.17) is 0 Å². The minimum Gasteiger partial charge on any atom is -0.326 e. The highest BCUT2D eigenvalue weighted by Crippen LogP contribution is 2.18. The maximum atomic E-state index is 11.3. The zero-order valence-corrected chi connectivity index (χ0v) is 10.9. The van der Waals surface area contributed by atoms with Gasteiger partial charge in [0.25, 0.3) is 0 Å². The van der Waals surface area contributed by atoms with Crippen molar-refractivity contribution in [2.24, 2.45) is 0 Å². The van der Waals surface area contributed by atoms with Gasteiger partial charge >= 0.3 is 0 Å². The summed E-state index contributed by atoms with van der Waals surface area (Å²) in [5, 5.41) is 15.0. The first-order valence-electron chi connectivity index (χ1n) is 5.47. The van der Waals surface area contributed by atoms with Crippen molar-refractivity contribution >= 4 is 23.4 Å². The molecule has 0 fully saturated rings. The van der Waals surface area contributed by atoms with Crippen molar-refractivity contribution in [3.63, 3.8) is 0 Å². The van der Waals surface area contributed by atoms with Crippen molar-refractivity contribution in [3.05, 3.63) is 24.3 Å². The quantitative estimate of drug-likeness (QED) is 0.850. The summed E-state index contributed by atoms with van der Waals surface area (Å²) >= 11 is 1.46. The molecule has 7 heteroatoms. The van der Waals surface area contributed by atoms with Gasteiger partial charge in [-0.2, -0.15) is 4.68 Å². The molecule has 1 aromatic carbocycles. The van der Waals surface area contributed by atoms with E-state index in [2.05, 4.69) is 20.8 Å². The summed E-state index contributed by atoms with van der Waals surface area (Å²) in [6.45, 7) is 1.81. The molecule has 2 aromatic rings. The van der Waals surface area contributed by atoms with Crippen molar-refractivity contribution < 1.29 is 4.79 Å². The van der Waals surface area contributed by atoms with Crippen molar-refractivity contribution in [3.8, 4) is 5.69 Å². The van der Waals surface area contributed by atoms with E-state index in [0.29, 0.717) is 11.6 Å². The van der Waals surface area contributed by atoms with Crippen LogP contribution in [0.3, 0.4) is 0 Å². The molecule has 0 aliphatic carbocycles. The number of carbonyl (C=O) groups excluding carboxylic acids is 1. The molecule has 6 nitrogen and oxygen atoms in total. The van der Waals surface area contributed by atoms with Gasteiger partial charge in [-0.25, -0.2) is 0 Å². The fraction of sp³-hybridized carbons (Fsp3) is 0.273. The molecule has 18 heavy (non-hydrogen) atoms. The Morgan fingerprint density at radius 2 is 2.33 bits per heavy atom. The number of amides is 1. The van der Waals surface area contributed by atoms with Crippen LogP contribution in [0.2, 0.25) is 0 Å². The first-order valence-corrected chi connectivity index (χ1v) is 6.69. The molecule has 0 radical (unpaired) electrons. The number of hydrogen-bond donors (Lipinski definition) is 1. The molecule has 0 saturated heterocycles. The molecule has 1 heterocycles. The van der Waals surface area contributed by atoms with E-state index < -0.39 is 0 Å². The molecular weight excluding hydrogens is 250 g/mol. The lowest BCUT2D eigenvalue weighted by Crippen LogP contribution is -2.10. The topological polar surface area (TPSA) is 72.7 Å². The van der Waals surface area contributed by atoms with Gasteiger partial charge in [0.2, 0.25) is 11.1 Å². The third-order valence-corrected chi connectivity index (χ3v) is 2.94. The second-order valence-corrected chi connectivity index (χ2v) is 4.30. The molecule has 1 aromatic heterocycles. The van der Waals surface area contributed by atoms with Crippen LogP contribution in [0.4, 0.5) is 5.69 Å². The summed E-state index contributed by atoms with van der Waals surface area (Å²) in [6, 6.07) is 7.41. The highest BCUT2D eigenvalue weighted by Gasteiger charge is 2.07. The van der Waals surface area contributed by atoms with Gasteiger partial charge in [0.15, 0.2) is 0 Å². The van der Waals surface area contributed by atoms with E-state index in [0.717, 1.165) is 11.4 Å². The maximum Gasteiger partial charge on any atom is 0.224 e. The van der Waals surface area contributed by atoms with Crippen molar-refractivity contribution in [2.45, 2.75) is 18.5 Å². The van der Waals surface area contributed by atoms with Crippen molar-refractivity contribution in [1.82, 2.24) is 20.2 Å². The van der Waals surface area contributed by atoms with E-state index in [1.54, 1.807) is 4.68 Å². The van der Waals surface area contributed by atoms with Crippen LogP contribution in [0.1, 0.15) is 13.3 Å². The van der Waals surface area contributed by atoms with Gasteiger partial charge in [0.05, 0.1) is 5.69 Å². The number of aromatic nitrogens is 4. The van der Waals surface area contributed by atoms with Crippen molar-refractivity contribution in [2.75, 3.05) is 11.6 Å². The summed E-state index contributed by atoms with van der Waals surface area (Å²) in [7, 11) is 0. The standard InChI is InChI=1S/C11H13N5OS/c1-3-10(17)12-8-5-4-6-9(7-8)16-11(18-2)13-14-15-16/h4-7H,3H2,1-2H3,(H,12,17). The highest BCUT2D eigenvalue weighted by molar-refractivity contribution is 7.98. The fourth-order valence-corrected chi connectivity index (χ4v) is 1.87. The number of anilines is 1. The average Bonchev–Trinajstić information content (AvgIpc) is 2.87. The predicted molar refractivity (Wildman–Crippen MR) is 69.9 cm³/mol. The van der Waals surface area contributed by atoms with Gasteiger partial charge in [-0.05, 0) is 34.9 Å². The zero-order valence-electron chi connectivity index (χ0n) is 10.1. The number of benzene rings is 1. The molecule has 0 atom stereocenters. The number of nitrogens with zero attached hydrogens (tertiary/aromatic N) is 4. The zero-order chi connectivity index (χ0) is 13.0. The Morgan fingerprint density at radius 3 is 3.06 bits per heavy atom. The summed E-state index contributed by atoms with van der Waals surface area (Å²) in [5.41, 5.74) is 1.56. The fourth-order valence-electron chi connectivity index (χ4n) is 1.43. The molecule has 2 rings (SSSR count). The summed E-state index contributed by atoms with van der Waals surface area (Å²) in [5.74, 6) is -0.0195. The molecule has 1 amide bonds. The Kier molecular flexibility index (Phi) is 3.93. The Balaban J connectivity index is 2.30. The van der Waals surface area contributed by atoms with Gasteiger partial charge in [-0.1, -0.05) is 24.8 Å². The average molecular weight is 263 g/mol. The second kappa shape index (κ2) is 5.63. The van der Waals surface area contributed by atoms with E-state index >= 15 is 0 Å². The molecule has 1 N–H and O–H groups in total. The second-order valence-electron chi connectivity index (χ2n) is 3.53. The van der Waals surface area contributed by atoms with Gasteiger partial charge in [0, 0.05) is 12.1 Å². The third kappa shape index (κ3) is 2.67. The Hall–Kier alpha value is -1.89. The maximum absolute atomic E-state index is 11.3. The van der Waals surface area contributed by atoms with Crippen LogP contribution in [0, 0.1) is 0 Å². The molecule has 0 saturated carbocycles. The van der Waals surface area contributed by atoms with E-state index in [1.807, 2.05) is 37.4 Å². The number of hydrogen-bond acceptors (Lipinski definition) is 5. The lowest BCUT2D eigenvalue weighted by atomic mass is 10.2. The summed E-state index contributed by atoms with van der Waals surface area (Å²) in [6.07, 6.45) is 2.36. The van der Waals surface area contributed by atoms with Crippen LogP contribution in [0.25, 0.3) is 5.69 Å². The predicted octanol–water partition coefficient (Wildman–Crippen LogP) is 1.73. The molecule has 0 unspecified atom stereocenters. The van der Waals surface area contributed by atoms with Crippen molar-refractivity contribution in [1.29, 1.82) is 0 Å². The van der Waals surface area contributed by atoms with Gasteiger partial charge in [-0.15, -0.1) is 5.10 Å². The molecule has 0 bridgehead atoms. The Bertz CT molecular complexity index is 554.